The average Bonchev–Trinajstić information content (AvgIpc) is 3.38. The molecule has 31 heavy (non-hydrogen) atoms. The van der Waals surface area contributed by atoms with Gasteiger partial charge in [0.15, 0.2) is 0 Å². The van der Waals surface area contributed by atoms with Crippen molar-refractivity contribution in [2.75, 3.05) is 11.4 Å². The maximum atomic E-state index is 13.0. The standard InChI is InChI=1S/C21H20F3N7/c1-12(2)14-4-3-6-31-17(14)8-16(29-31)19-18-15(27-11-28-18)5-7-30(19)20-25-9-13(10-26-20)21(22,23)24/h3-4,6,8-12,19H,5,7H2,1-2H3,(H,27,28)/t19-/m1/s1. The molecule has 1 aliphatic heterocycles. The van der Waals surface area contributed by atoms with Crippen molar-refractivity contribution in [2.24, 2.45) is 0 Å². The van der Waals surface area contributed by atoms with Crippen LogP contribution in [0.3, 0.4) is 0 Å². The van der Waals surface area contributed by atoms with E-state index in [1.807, 2.05) is 27.7 Å². The Bertz CT molecular complexity index is 1220. The fourth-order valence-electron chi connectivity index (χ4n) is 4.09. The summed E-state index contributed by atoms with van der Waals surface area (Å²) < 4.78 is 40.7. The first-order chi connectivity index (χ1) is 14.8. The molecular formula is C21H20F3N7. The first-order valence-electron chi connectivity index (χ1n) is 9.99. The molecule has 1 N–H and O–H groups in total. The van der Waals surface area contributed by atoms with Gasteiger partial charge >= 0.3 is 6.18 Å². The molecule has 0 aliphatic carbocycles. The van der Waals surface area contributed by atoms with Crippen LogP contribution in [0.5, 0.6) is 0 Å². The molecule has 4 aromatic heterocycles. The summed E-state index contributed by atoms with van der Waals surface area (Å²) in [7, 11) is 0. The van der Waals surface area contributed by atoms with E-state index in [1.165, 1.54) is 0 Å². The minimum Gasteiger partial charge on any atom is -0.348 e. The van der Waals surface area contributed by atoms with E-state index in [0.717, 1.165) is 40.6 Å². The molecule has 0 unspecified atom stereocenters. The van der Waals surface area contributed by atoms with Crippen LogP contribution in [0.1, 0.15) is 54.0 Å². The summed E-state index contributed by atoms with van der Waals surface area (Å²) in [5, 5.41) is 4.78. The second kappa shape index (κ2) is 7.07. The number of hydrogen-bond acceptors (Lipinski definition) is 5. The normalized spacial score (nSPS) is 16.8. The highest BCUT2D eigenvalue weighted by Gasteiger charge is 2.36. The zero-order valence-electron chi connectivity index (χ0n) is 16.9. The number of nitrogens with one attached hydrogen (secondary N) is 1. The number of aromatic nitrogens is 6. The zero-order chi connectivity index (χ0) is 21.8. The van der Waals surface area contributed by atoms with Crippen molar-refractivity contribution in [1.29, 1.82) is 0 Å². The summed E-state index contributed by atoms with van der Waals surface area (Å²) >= 11 is 0. The molecule has 1 aliphatic rings. The number of anilines is 1. The number of hydrogen-bond donors (Lipinski definition) is 1. The van der Waals surface area contributed by atoms with Crippen LogP contribution in [0, 0.1) is 0 Å². The highest BCUT2D eigenvalue weighted by molar-refractivity contribution is 5.58. The number of rotatable bonds is 3. The van der Waals surface area contributed by atoms with Gasteiger partial charge in [-0.3, -0.25) is 0 Å². The SMILES string of the molecule is CC(C)c1cccn2nc([C@@H]3c4nc[nH]c4CCN3c3ncc(C(F)(F)F)cn3)cc12. The van der Waals surface area contributed by atoms with Crippen LogP contribution in [0.2, 0.25) is 0 Å². The van der Waals surface area contributed by atoms with E-state index in [0.29, 0.717) is 18.9 Å². The zero-order valence-corrected chi connectivity index (χ0v) is 16.9. The van der Waals surface area contributed by atoms with Crippen LogP contribution in [0.25, 0.3) is 5.52 Å². The number of fused-ring (bicyclic) bond motifs is 2. The third-order valence-corrected chi connectivity index (χ3v) is 5.60. The van der Waals surface area contributed by atoms with Crippen molar-refractivity contribution in [3.8, 4) is 0 Å². The van der Waals surface area contributed by atoms with Gasteiger partial charge in [0, 0.05) is 37.3 Å². The Morgan fingerprint density at radius 3 is 2.65 bits per heavy atom. The van der Waals surface area contributed by atoms with Crippen molar-refractivity contribution < 1.29 is 13.2 Å². The minimum atomic E-state index is -4.48. The molecule has 0 amide bonds. The van der Waals surface area contributed by atoms with Gasteiger partial charge in [-0.2, -0.15) is 18.3 Å². The van der Waals surface area contributed by atoms with Crippen molar-refractivity contribution in [2.45, 2.75) is 38.4 Å². The first-order valence-corrected chi connectivity index (χ1v) is 9.99. The molecule has 0 fully saturated rings. The third-order valence-electron chi connectivity index (χ3n) is 5.60. The van der Waals surface area contributed by atoms with Gasteiger partial charge in [0.05, 0.1) is 28.8 Å². The fourth-order valence-corrected chi connectivity index (χ4v) is 4.09. The van der Waals surface area contributed by atoms with E-state index in [4.69, 9.17) is 5.10 Å². The van der Waals surface area contributed by atoms with Crippen LogP contribution in [-0.4, -0.2) is 36.1 Å². The fraction of sp³-hybridized carbons (Fsp3) is 0.333. The second-order valence-electron chi connectivity index (χ2n) is 7.90. The summed E-state index contributed by atoms with van der Waals surface area (Å²) in [6.07, 6.45) is 1.33. The molecule has 0 radical (unpaired) electrons. The number of aromatic amines is 1. The van der Waals surface area contributed by atoms with Gasteiger partial charge in [-0.1, -0.05) is 19.9 Å². The van der Waals surface area contributed by atoms with Gasteiger partial charge < -0.3 is 9.88 Å². The van der Waals surface area contributed by atoms with E-state index in [1.54, 1.807) is 6.33 Å². The van der Waals surface area contributed by atoms with Crippen LogP contribution in [0.4, 0.5) is 19.1 Å². The lowest BCUT2D eigenvalue weighted by Gasteiger charge is -2.33. The lowest BCUT2D eigenvalue weighted by Crippen LogP contribution is -2.37. The minimum absolute atomic E-state index is 0.216. The van der Waals surface area contributed by atoms with Gasteiger partial charge in [-0.15, -0.1) is 0 Å². The van der Waals surface area contributed by atoms with E-state index >= 15 is 0 Å². The number of halogens is 3. The molecular weight excluding hydrogens is 407 g/mol. The Balaban J connectivity index is 1.62. The molecule has 0 bridgehead atoms. The second-order valence-corrected chi connectivity index (χ2v) is 7.90. The van der Waals surface area contributed by atoms with Crippen molar-refractivity contribution >= 4 is 11.5 Å². The van der Waals surface area contributed by atoms with Crippen LogP contribution < -0.4 is 4.90 Å². The lowest BCUT2D eigenvalue weighted by molar-refractivity contribution is -0.138. The van der Waals surface area contributed by atoms with E-state index < -0.39 is 17.8 Å². The Labute approximate surface area is 176 Å². The van der Waals surface area contributed by atoms with Crippen molar-refractivity contribution in [3.05, 3.63) is 71.3 Å². The van der Waals surface area contributed by atoms with Gasteiger partial charge in [0.1, 0.15) is 6.04 Å². The van der Waals surface area contributed by atoms with Crippen LogP contribution in [-0.2, 0) is 12.6 Å². The van der Waals surface area contributed by atoms with Gasteiger partial charge in [-0.05, 0) is 23.6 Å². The summed E-state index contributed by atoms with van der Waals surface area (Å²) in [6, 6.07) is 5.63. The molecule has 160 valence electrons. The number of H-pyrrole nitrogens is 1. The lowest BCUT2D eigenvalue weighted by atomic mass is 9.99. The monoisotopic (exact) mass is 427 g/mol. The summed E-state index contributed by atoms with van der Waals surface area (Å²) in [6.45, 7) is 4.77. The van der Waals surface area contributed by atoms with Crippen molar-refractivity contribution in [1.82, 2.24) is 29.5 Å². The number of alkyl halides is 3. The quantitative estimate of drug-likeness (QED) is 0.532. The molecule has 1 atom stereocenters. The summed E-state index contributed by atoms with van der Waals surface area (Å²) in [5.74, 6) is 0.530. The summed E-state index contributed by atoms with van der Waals surface area (Å²) in [4.78, 5) is 17.6. The molecule has 5 rings (SSSR count). The molecule has 0 spiro atoms. The molecule has 5 heterocycles. The first kappa shape index (κ1) is 19.5. The maximum absolute atomic E-state index is 13.0. The van der Waals surface area contributed by atoms with Crippen LogP contribution >= 0.6 is 0 Å². The molecule has 0 saturated heterocycles. The molecule has 10 heteroatoms. The average molecular weight is 427 g/mol. The Morgan fingerprint density at radius 2 is 1.94 bits per heavy atom. The smallest absolute Gasteiger partial charge is 0.348 e. The molecule has 0 aromatic carbocycles. The van der Waals surface area contributed by atoms with E-state index in [2.05, 4.69) is 39.8 Å². The Kier molecular flexibility index (Phi) is 4.45. The van der Waals surface area contributed by atoms with E-state index in [-0.39, 0.29) is 5.95 Å². The van der Waals surface area contributed by atoms with Crippen LogP contribution in [0.15, 0.2) is 43.1 Å². The predicted molar refractivity (Wildman–Crippen MR) is 108 cm³/mol. The van der Waals surface area contributed by atoms with Gasteiger partial charge in [-0.25, -0.2) is 19.5 Å². The molecule has 7 nitrogen and oxygen atoms in total. The highest BCUT2D eigenvalue weighted by atomic mass is 19.4. The Hall–Kier alpha value is -3.43. The van der Waals surface area contributed by atoms with Gasteiger partial charge in [0.2, 0.25) is 5.95 Å². The molecule has 0 saturated carbocycles. The third kappa shape index (κ3) is 3.31. The number of pyridine rings is 1. The predicted octanol–water partition coefficient (Wildman–Crippen LogP) is 4.14. The maximum Gasteiger partial charge on any atom is 0.419 e. The Morgan fingerprint density at radius 1 is 1.16 bits per heavy atom. The van der Waals surface area contributed by atoms with Crippen molar-refractivity contribution in [3.63, 3.8) is 0 Å². The highest BCUT2D eigenvalue weighted by Crippen LogP contribution is 2.36. The van der Waals surface area contributed by atoms with E-state index in [9.17, 15) is 13.2 Å². The summed E-state index contributed by atoms with van der Waals surface area (Å²) in [5.41, 5.74) is 3.78. The van der Waals surface area contributed by atoms with Gasteiger partial charge in [0.25, 0.3) is 0 Å². The molecule has 4 aromatic rings. The largest absolute Gasteiger partial charge is 0.419 e. The number of imidazole rings is 1. The topological polar surface area (TPSA) is 75.0 Å². The number of nitrogens with zero attached hydrogens (tertiary/aromatic N) is 6.